The van der Waals surface area contributed by atoms with Crippen LogP contribution < -0.4 is 21.3 Å². The zero-order chi connectivity index (χ0) is 19.2. The highest BCUT2D eigenvalue weighted by atomic mass is 16.2. The van der Waals surface area contributed by atoms with Crippen molar-refractivity contribution in [3.8, 4) is 0 Å². The van der Waals surface area contributed by atoms with Crippen molar-refractivity contribution in [2.24, 2.45) is 11.3 Å². The molecule has 0 bridgehead atoms. The lowest BCUT2D eigenvalue weighted by molar-refractivity contribution is -0.145. The van der Waals surface area contributed by atoms with Crippen molar-refractivity contribution < 1.29 is 14.4 Å². The number of carbonyl (C=O) groups is 3. The molecule has 2 aliphatic heterocycles. The quantitative estimate of drug-likeness (QED) is 0.444. The highest BCUT2D eigenvalue weighted by Crippen LogP contribution is 2.38. The molecule has 0 saturated carbocycles. The molecule has 2 aliphatic rings. The normalized spacial score (nSPS) is 19.8. The minimum Gasteiger partial charge on any atom is -0.345 e. The van der Waals surface area contributed by atoms with Crippen molar-refractivity contribution >= 4 is 17.7 Å². The van der Waals surface area contributed by atoms with E-state index < -0.39 is 6.04 Å². The third-order valence-electron chi connectivity index (χ3n) is 5.18. The number of carbonyl (C=O) groups excluding carboxylic acids is 3. The van der Waals surface area contributed by atoms with Gasteiger partial charge < -0.3 is 26.2 Å². The molecule has 3 amide bonds. The van der Waals surface area contributed by atoms with Crippen molar-refractivity contribution in [1.82, 2.24) is 26.2 Å². The summed E-state index contributed by atoms with van der Waals surface area (Å²) in [6.07, 6.45) is 2.75. The molecule has 8 nitrogen and oxygen atoms in total. The molecule has 0 aromatic rings. The van der Waals surface area contributed by atoms with Gasteiger partial charge in [0, 0.05) is 18.5 Å². The molecule has 148 valence electrons. The molecule has 1 spiro atoms. The van der Waals surface area contributed by atoms with Gasteiger partial charge in [-0.25, -0.2) is 0 Å². The van der Waals surface area contributed by atoms with E-state index in [0.29, 0.717) is 6.42 Å². The number of nitrogens with zero attached hydrogens (tertiary/aromatic N) is 1. The highest BCUT2D eigenvalue weighted by molar-refractivity contribution is 5.91. The van der Waals surface area contributed by atoms with Crippen molar-refractivity contribution in [3.05, 3.63) is 0 Å². The second kappa shape index (κ2) is 9.32. The maximum absolute atomic E-state index is 12.4. The number of hydrogen-bond donors (Lipinski definition) is 4. The molecule has 2 saturated heterocycles. The van der Waals surface area contributed by atoms with Gasteiger partial charge in [-0.05, 0) is 45.3 Å². The van der Waals surface area contributed by atoms with Gasteiger partial charge in [-0.2, -0.15) is 0 Å². The number of nitrogens with one attached hydrogen (secondary N) is 4. The van der Waals surface area contributed by atoms with E-state index in [1.807, 2.05) is 18.7 Å². The molecule has 0 aromatic carbocycles. The first kappa shape index (κ1) is 20.6. The summed E-state index contributed by atoms with van der Waals surface area (Å²) in [6, 6.07) is -0.615. The molecule has 1 unspecified atom stereocenters. The lowest BCUT2D eigenvalue weighted by Gasteiger charge is -2.52. The monoisotopic (exact) mass is 367 g/mol. The molecule has 2 fully saturated rings. The van der Waals surface area contributed by atoms with Gasteiger partial charge in [0.25, 0.3) is 0 Å². The minimum absolute atomic E-state index is 0.0103. The number of rotatable bonds is 8. The van der Waals surface area contributed by atoms with Gasteiger partial charge in [-0.1, -0.05) is 13.8 Å². The fourth-order valence-electron chi connectivity index (χ4n) is 3.72. The smallest absolute Gasteiger partial charge is 0.243 e. The van der Waals surface area contributed by atoms with Gasteiger partial charge in [0.05, 0.1) is 13.1 Å². The maximum Gasteiger partial charge on any atom is 0.243 e. The summed E-state index contributed by atoms with van der Waals surface area (Å²) in [5.41, 5.74) is 0.284. The minimum atomic E-state index is -0.615. The topological polar surface area (TPSA) is 103 Å². The summed E-state index contributed by atoms with van der Waals surface area (Å²) in [4.78, 5) is 38.3. The summed E-state index contributed by atoms with van der Waals surface area (Å²) < 4.78 is 0. The van der Waals surface area contributed by atoms with Crippen molar-refractivity contribution in [2.45, 2.75) is 39.2 Å². The van der Waals surface area contributed by atoms with Gasteiger partial charge in [0.2, 0.25) is 17.7 Å². The molecule has 4 N–H and O–H groups in total. The predicted octanol–water partition coefficient (Wildman–Crippen LogP) is -0.935. The summed E-state index contributed by atoms with van der Waals surface area (Å²) >= 11 is 0. The van der Waals surface area contributed by atoms with E-state index in [-0.39, 0.29) is 42.1 Å². The van der Waals surface area contributed by atoms with Crippen molar-refractivity contribution in [3.63, 3.8) is 0 Å². The number of likely N-dealkylation sites (tertiary alicyclic amines) is 1. The van der Waals surface area contributed by atoms with Crippen LogP contribution in [0.15, 0.2) is 0 Å². The Morgan fingerprint density at radius 2 is 1.77 bits per heavy atom. The van der Waals surface area contributed by atoms with E-state index in [1.165, 1.54) is 0 Å². The fraction of sp³-hybridized carbons (Fsp3) is 0.833. The summed E-state index contributed by atoms with van der Waals surface area (Å²) in [5, 5.41) is 11.5. The predicted molar refractivity (Wildman–Crippen MR) is 99.4 cm³/mol. The zero-order valence-electron chi connectivity index (χ0n) is 16.2. The van der Waals surface area contributed by atoms with E-state index in [0.717, 1.165) is 39.0 Å². The second-order valence-electron chi connectivity index (χ2n) is 8.00. The lowest BCUT2D eigenvalue weighted by Crippen LogP contribution is -2.63. The first-order valence-electron chi connectivity index (χ1n) is 9.55. The van der Waals surface area contributed by atoms with Gasteiger partial charge >= 0.3 is 0 Å². The van der Waals surface area contributed by atoms with Gasteiger partial charge in [-0.15, -0.1) is 0 Å². The molecular weight excluding hydrogens is 334 g/mol. The van der Waals surface area contributed by atoms with Crippen LogP contribution in [0.5, 0.6) is 0 Å². The maximum atomic E-state index is 12.4. The molecule has 8 heteroatoms. The Kier molecular flexibility index (Phi) is 7.40. The van der Waals surface area contributed by atoms with Crippen molar-refractivity contribution in [1.29, 1.82) is 0 Å². The van der Waals surface area contributed by atoms with Crippen LogP contribution in [0.2, 0.25) is 0 Å². The van der Waals surface area contributed by atoms with E-state index in [4.69, 9.17) is 0 Å². The zero-order valence-corrected chi connectivity index (χ0v) is 16.2. The molecule has 2 heterocycles. The first-order chi connectivity index (χ1) is 12.3. The highest BCUT2D eigenvalue weighted by Gasteiger charge is 2.45. The van der Waals surface area contributed by atoms with Crippen LogP contribution >= 0.6 is 0 Å². The second-order valence-corrected chi connectivity index (χ2v) is 8.00. The Bertz CT molecular complexity index is 509. The molecule has 0 radical (unpaired) electrons. The van der Waals surface area contributed by atoms with E-state index in [9.17, 15) is 14.4 Å². The number of amides is 3. The summed E-state index contributed by atoms with van der Waals surface area (Å²) in [7, 11) is 1.68. The van der Waals surface area contributed by atoms with Gasteiger partial charge in [-0.3, -0.25) is 14.4 Å². The van der Waals surface area contributed by atoms with Crippen LogP contribution in [-0.4, -0.2) is 75.0 Å². The Morgan fingerprint density at radius 1 is 1.12 bits per heavy atom. The third kappa shape index (κ3) is 5.67. The Hall–Kier alpha value is -1.67. The number of hydrogen-bond acceptors (Lipinski definition) is 5. The average Bonchev–Trinajstić information content (AvgIpc) is 2.57. The third-order valence-corrected chi connectivity index (χ3v) is 5.18. The summed E-state index contributed by atoms with van der Waals surface area (Å²) in [6.45, 7) is 7.75. The lowest BCUT2D eigenvalue weighted by atomic mass is 9.72. The summed E-state index contributed by atoms with van der Waals surface area (Å²) in [5.74, 6) is -0.317. The largest absolute Gasteiger partial charge is 0.345 e. The molecule has 2 rings (SSSR count). The fourth-order valence-corrected chi connectivity index (χ4v) is 3.72. The van der Waals surface area contributed by atoms with Crippen LogP contribution in [0.1, 0.15) is 33.1 Å². The van der Waals surface area contributed by atoms with Gasteiger partial charge in [0.1, 0.15) is 6.04 Å². The molecule has 1 atom stereocenters. The van der Waals surface area contributed by atoms with Crippen LogP contribution in [0.4, 0.5) is 0 Å². The Labute approximate surface area is 155 Å². The Morgan fingerprint density at radius 3 is 2.35 bits per heavy atom. The Balaban J connectivity index is 1.77. The van der Waals surface area contributed by atoms with E-state index in [1.54, 1.807) is 7.05 Å². The van der Waals surface area contributed by atoms with Gasteiger partial charge in [0.15, 0.2) is 0 Å². The molecular formula is C18H33N5O3. The van der Waals surface area contributed by atoms with E-state index in [2.05, 4.69) is 21.3 Å². The van der Waals surface area contributed by atoms with Crippen molar-refractivity contribution in [2.75, 3.05) is 46.3 Å². The standard InChI is InChI=1S/C18H33N5O3/c1-13(2)8-14(22-15(24)9-19-3)17(26)21-10-16(25)23-11-18(12-23)4-6-20-7-5-18/h13-14,19-20H,4-12H2,1-3H3,(H,21,26)(H,22,24). The van der Waals surface area contributed by atoms with Crippen LogP contribution in [-0.2, 0) is 14.4 Å². The molecule has 0 aliphatic carbocycles. The number of piperidine rings is 1. The molecule has 26 heavy (non-hydrogen) atoms. The number of likely N-dealkylation sites (N-methyl/N-ethyl adjacent to an activating group) is 1. The molecule has 0 aromatic heterocycles. The van der Waals surface area contributed by atoms with Crippen LogP contribution in [0.3, 0.4) is 0 Å². The average molecular weight is 367 g/mol. The SMILES string of the molecule is CNCC(=O)NC(CC(C)C)C(=O)NCC(=O)N1CC2(CCNCC2)C1. The van der Waals surface area contributed by atoms with Crippen LogP contribution in [0.25, 0.3) is 0 Å². The van der Waals surface area contributed by atoms with E-state index >= 15 is 0 Å². The first-order valence-corrected chi connectivity index (χ1v) is 9.55. The van der Waals surface area contributed by atoms with Crippen LogP contribution in [0, 0.1) is 11.3 Å².